The summed E-state index contributed by atoms with van der Waals surface area (Å²) in [5.41, 5.74) is 4.21. The maximum absolute atomic E-state index is 13.2. The van der Waals surface area contributed by atoms with Crippen LogP contribution in [0.5, 0.6) is 5.75 Å². The fraction of sp³-hybridized carbons (Fsp3) is 0.500. The average Bonchev–Trinajstić information content (AvgIpc) is 2.78. The summed E-state index contributed by atoms with van der Waals surface area (Å²) in [4.78, 5) is 37.3. The molecular weight excluding hydrogens is 456 g/mol. The molecule has 3 unspecified atom stereocenters. The van der Waals surface area contributed by atoms with Crippen LogP contribution in [0.4, 0.5) is 0 Å². The van der Waals surface area contributed by atoms with Crippen molar-refractivity contribution in [3.8, 4) is 16.9 Å². The van der Waals surface area contributed by atoms with Gasteiger partial charge in [0.15, 0.2) is 5.78 Å². The largest absolute Gasteiger partial charge is 0.507 e. The second-order valence-corrected chi connectivity index (χ2v) is 11.2. The number of rotatable bonds is 10. The van der Waals surface area contributed by atoms with E-state index in [2.05, 4.69) is 32.9 Å². The summed E-state index contributed by atoms with van der Waals surface area (Å²) in [6.45, 7) is 7.23. The van der Waals surface area contributed by atoms with Gasteiger partial charge in [-0.15, -0.1) is 0 Å². The third kappa shape index (κ3) is 6.29. The van der Waals surface area contributed by atoms with Gasteiger partial charge in [0.05, 0.1) is 18.6 Å². The Bertz CT molecular complexity index is 1110. The Balaban J connectivity index is 1.93. The Labute approximate surface area is 213 Å². The topological polar surface area (TPSA) is 112 Å². The van der Waals surface area contributed by atoms with E-state index in [0.29, 0.717) is 24.8 Å². The van der Waals surface area contributed by atoms with Crippen LogP contribution in [0.2, 0.25) is 0 Å². The summed E-state index contributed by atoms with van der Waals surface area (Å²) in [7, 11) is 0. The van der Waals surface area contributed by atoms with Gasteiger partial charge >= 0.3 is 0 Å². The maximum Gasteiger partial charge on any atom is 0.167 e. The molecule has 0 amide bonds. The van der Waals surface area contributed by atoms with Gasteiger partial charge in [0.25, 0.3) is 0 Å². The van der Waals surface area contributed by atoms with Crippen molar-refractivity contribution in [1.29, 1.82) is 0 Å². The van der Waals surface area contributed by atoms with Crippen molar-refractivity contribution >= 4 is 17.3 Å². The number of phenolic OH excluding ortho intramolecular Hbond substituents is 1. The number of aliphatic hydroxyl groups is 2. The highest BCUT2D eigenvalue weighted by Crippen LogP contribution is 2.41. The molecule has 0 bridgehead atoms. The molecule has 3 rings (SSSR count). The van der Waals surface area contributed by atoms with Crippen LogP contribution in [0, 0.1) is 17.8 Å². The van der Waals surface area contributed by atoms with Gasteiger partial charge in [-0.1, -0.05) is 51.1 Å². The Morgan fingerprint density at radius 2 is 1.69 bits per heavy atom. The molecule has 0 saturated heterocycles. The number of Topliss-reactive ketones (excluding diaryl/α,β-unsaturated/α-hetero) is 3. The molecule has 0 saturated carbocycles. The predicted molar refractivity (Wildman–Crippen MR) is 139 cm³/mol. The monoisotopic (exact) mass is 494 g/mol. The number of aliphatic hydroxyl groups excluding tert-OH is 2. The molecule has 194 valence electrons. The van der Waals surface area contributed by atoms with E-state index in [1.54, 1.807) is 6.07 Å². The average molecular weight is 495 g/mol. The van der Waals surface area contributed by atoms with E-state index in [9.17, 15) is 29.7 Å². The minimum Gasteiger partial charge on any atom is -0.507 e. The lowest BCUT2D eigenvalue weighted by Crippen LogP contribution is -2.32. The van der Waals surface area contributed by atoms with Crippen LogP contribution in [-0.4, -0.2) is 45.9 Å². The molecule has 2 aromatic carbocycles. The fourth-order valence-corrected chi connectivity index (χ4v) is 5.44. The molecule has 3 atom stereocenters. The van der Waals surface area contributed by atoms with E-state index < -0.39 is 12.5 Å². The third-order valence-electron chi connectivity index (χ3n) is 7.34. The Morgan fingerprint density at radius 1 is 1.03 bits per heavy atom. The lowest BCUT2D eigenvalue weighted by Gasteiger charge is -2.32. The zero-order valence-corrected chi connectivity index (χ0v) is 21.7. The van der Waals surface area contributed by atoms with Crippen LogP contribution >= 0.6 is 0 Å². The van der Waals surface area contributed by atoms with Gasteiger partial charge in [-0.3, -0.25) is 14.4 Å². The van der Waals surface area contributed by atoms with Crippen molar-refractivity contribution < 1.29 is 29.7 Å². The molecule has 36 heavy (non-hydrogen) atoms. The second kappa shape index (κ2) is 11.5. The summed E-state index contributed by atoms with van der Waals surface area (Å²) in [6, 6.07) is 11.7. The molecular formula is C30H38O6. The number of hydrogen-bond acceptors (Lipinski definition) is 6. The highest BCUT2D eigenvalue weighted by atomic mass is 16.3. The second-order valence-electron chi connectivity index (χ2n) is 11.2. The molecule has 0 fully saturated rings. The first-order chi connectivity index (χ1) is 17.0. The molecule has 0 radical (unpaired) electrons. The molecule has 0 aromatic heterocycles. The lowest BCUT2D eigenvalue weighted by atomic mass is 9.72. The van der Waals surface area contributed by atoms with E-state index in [0.717, 1.165) is 16.7 Å². The number of ketones is 3. The van der Waals surface area contributed by atoms with Crippen molar-refractivity contribution in [2.75, 3.05) is 13.2 Å². The predicted octanol–water partition coefficient (Wildman–Crippen LogP) is 4.65. The summed E-state index contributed by atoms with van der Waals surface area (Å²) < 4.78 is 0. The number of aromatic hydroxyl groups is 1. The highest BCUT2D eigenvalue weighted by molar-refractivity contribution is 6.03. The number of carbonyl (C=O) groups excluding carboxylic acids is 3. The highest BCUT2D eigenvalue weighted by Gasteiger charge is 2.35. The number of benzene rings is 2. The molecule has 2 aromatic rings. The molecule has 0 aliphatic heterocycles. The van der Waals surface area contributed by atoms with E-state index in [-0.39, 0.29) is 59.8 Å². The number of carbonyl (C=O) groups is 3. The summed E-state index contributed by atoms with van der Waals surface area (Å²) in [6.07, 6.45) is 1.26. The van der Waals surface area contributed by atoms with E-state index in [1.165, 1.54) is 12.5 Å². The van der Waals surface area contributed by atoms with Crippen LogP contribution in [0.3, 0.4) is 0 Å². The third-order valence-corrected chi connectivity index (χ3v) is 7.34. The number of phenols is 1. The summed E-state index contributed by atoms with van der Waals surface area (Å²) >= 11 is 0. The first-order valence-electron chi connectivity index (χ1n) is 12.7. The van der Waals surface area contributed by atoms with Crippen molar-refractivity contribution in [3.05, 3.63) is 53.1 Å². The first-order valence-corrected chi connectivity index (χ1v) is 12.7. The van der Waals surface area contributed by atoms with Crippen LogP contribution in [0.1, 0.15) is 74.9 Å². The van der Waals surface area contributed by atoms with Gasteiger partial charge in [-0.05, 0) is 71.8 Å². The van der Waals surface area contributed by atoms with Gasteiger partial charge in [0, 0.05) is 18.9 Å². The molecule has 6 heteroatoms. The first kappa shape index (κ1) is 27.8. The lowest BCUT2D eigenvalue weighted by molar-refractivity contribution is -0.131. The zero-order chi connectivity index (χ0) is 26.6. The van der Waals surface area contributed by atoms with Gasteiger partial charge in [0.2, 0.25) is 0 Å². The quantitative estimate of drug-likeness (QED) is 0.415. The number of hydrogen-bond donors (Lipinski definition) is 3. The minimum atomic E-state index is -0.758. The molecule has 1 aliphatic carbocycles. The normalized spacial score (nSPS) is 17.4. The van der Waals surface area contributed by atoms with Crippen LogP contribution in [0.15, 0.2) is 36.4 Å². The van der Waals surface area contributed by atoms with Crippen molar-refractivity contribution in [2.45, 2.75) is 65.2 Å². The molecule has 1 aliphatic rings. The van der Waals surface area contributed by atoms with Crippen molar-refractivity contribution in [3.63, 3.8) is 0 Å². The number of fused-ring (bicyclic) bond motifs is 1. The fourth-order valence-electron chi connectivity index (χ4n) is 5.44. The molecule has 0 heterocycles. The molecule has 6 nitrogen and oxygen atoms in total. The van der Waals surface area contributed by atoms with Gasteiger partial charge < -0.3 is 15.3 Å². The summed E-state index contributed by atoms with van der Waals surface area (Å²) in [5, 5.41) is 30.1. The zero-order valence-electron chi connectivity index (χ0n) is 21.7. The Hall–Kier alpha value is -2.83. The molecule has 3 N–H and O–H groups in total. The van der Waals surface area contributed by atoms with Crippen LogP contribution < -0.4 is 0 Å². The molecule has 0 spiro atoms. The van der Waals surface area contributed by atoms with E-state index in [1.807, 2.05) is 18.2 Å². The minimum absolute atomic E-state index is 0.0127. The van der Waals surface area contributed by atoms with Gasteiger partial charge in [-0.25, -0.2) is 0 Å². The van der Waals surface area contributed by atoms with Crippen molar-refractivity contribution in [2.24, 2.45) is 17.8 Å². The van der Waals surface area contributed by atoms with Crippen LogP contribution in [0.25, 0.3) is 11.1 Å². The smallest absolute Gasteiger partial charge is 0.167 e. The SMILES string of the molecule is CC(=O)CC(=O)C(CO)C(CCO)CC1CC(=O)c2c(O)ccc(-c3ccc(C(C)(C)C)cc3)c2C1. The van der Waals surface area contributed by atoms with Crippen molar-refractivity contribution in [1.82, 2.24) is 0 Å². The standard InChI is InChI=1S/C30H38O6/c1-18(33)13-27(35)25(17-32)21(11-12-31)14-19-15-24-23(9-10-26(34)29(24)28(36)16-19)20-5-7-22(8-6-20)30(2,3)4/h5-10,19,21,25,31-32,34H,11-17H2,1-4H3. The maximum atomic E-state index is 13.2. The van der Waals surface area contributed by atoms with Gasteiger partial charge in [-0.2, -0.15) is 0 Å². The van der Waals surface area contributed by atoms with E-state index in [4.69, 9.17) is 0 Å². The van der Waals surface area contributed by atoms with E-state index >= 15 is 0 Å². The Morgan fingerprint density at radius 3 is 2.25 bits per heavy atom. The van der Waals surface area contributed by atoms with Crippen LogP contribution in [-0.2, 0) is 21.4 Å². The summed E-state index contributed by atoms with van der Waals surface area (Å²) in [5.74, 6) is -1.99. The van der Waals surface area contributed by atoms with Gasteiger partial charge in [0.1, 0.15) is 17.3 Å². The Kier molecular flexibility index (Phi) is 8.85.